The number of rotatable bonds is 4. The Balaban J connectivity index is 2.46. The lowest BCUT2D eigenvalue weighted by Gasteiger charge is -2.34. The number of morpholine rings is 1. The number of carbonyl (C=O) groups excluding carboxylic acids is 1. The maximum Gasteiger partial charge on any atom is 0.248 e. The summed E-state index contributed by atoms with van der Waals surface area (Å²) in [6, 6.07) is -0.243. The van der Waals surface area contributed by atoms with Crippen molar-refractivity contribution in [1.29, 1.82) is 0 Å². The normalized spacial score (nSPS) is 23.7. The molecule has 1 atom stereocenters. The lowest BCUT2D eigenvalue weighted by molar-refractivity contribution is -0.150. The largest absolute Gasteiger partial charge is 0.396 e. The van der Waals surface area contributed by atoms with Gasteiger partial charge in [0.15, 0.2) is 0 Å². The van der Waals surface area contributed by atoms with Crippen LogP contribution in [0.4, 0.5) is 0 Å². The van der Waals surface area contributed by atoms with Crippen LogP contribution in [0.25, 0.3) is 0 Å². The highest BCUT2D eigenvalue weighted by molar-refractivity contribution is 5.78. The predicted octanol–water partition coefficient (Wildman–Crippen LogP) is -1.41. The molecule has 5 heteroatoms. The van der Waals surface area contributed by atoms with Gasteiger partial charge in [-0.25, -0.2) is 0 Å². The highest BCUT2D eigenvalue weighted by Gasteiger charge is 2.27. The number of carbonyl (C=O) groups is 1. The summed E-state index contributed by atoms with van der Waals surface area (Å²) in [6.45, 7) is 0.930. The van der Waals surface area contributed by atoms with Crippen LogP contribution in [-0.4, -0.2) is 60.0 Å². The van der Waals surface area contributed by atoms with Crippen LogP contribution in [0.5, 0.6) is 0 Å². The van der Waals surface area contributed by atoms with Crippen LogP contribution in [0.1, 0.15) is 6.42 Å². The fourth-order valence-electron chi connectivity index (χ4n) is 1.36. The van der Waals surface area contributed by atoms with Crippen molar-refractivity contribution in [2.24, 2.45) is 0 Å². The van der Waals surface area contributed by atoms with Gasteiger partial charge in [0.05, 0.1) is 19.3 Å². The molecule has 0 aromatic heterocycles. The first-order chi connectivity index (χ1) is 6.29. The lowest BCUT2D eigenvalue weighted by Crippen LogP contribution is -2.51. The van der Waals surface area contributed by atoms with Gasteiger partial charge < -0.3 is 19.8 Å². The van der Waals surface area contributed by atoms with Crippen molar-refractivity contribution in [1.82, 2.24) is 4.90 Å². The number of amides is 1. The summed E-state index contributed by atoms with van der Waals surface area (Å²) in [5.74, 6) is -0.112. The zero-order chi connectivity index (χ0) is 9.68. The molecule has 1 amide bonds. The average molecular weight is 189 g/mol. The molecule has 0 radical (unpaired) electrons. The van der Waals surface area contributed by atoms with Crippen molar-refractivity contribution in [3.63, 3.8) is 0 Å². The molecule has 5 nitrogen and oxygen atoms in total. The second-order valence-corrected chi connectivity index (χ2v) is 3.02. The fourth-order valence-corrected chi connectivity index (χ4v) is 1.36. The van der Waals surface area contributed by atoms with Crippen molar-refractivity contribution in [3.05, 3.63) is 0 Å². The minimum atomic E-state index is -0.243. The molecule has 0 bridgehead atoms. The molecule has 1 fully saturated rings. The average Bonchev–Trinajstić information content (AvgIpc) is 2.15. The van der Waals surface area contributed by atoms with Gasteiger partial charge in [0.1, 0.15) is 6.61 Å². The van der Waals surface area contributed by atoms with Crippen LogP contribution in [0.3, 0.4) is 0 Å². The van der Waals surface area contributed by atoms with E-state index in [-0.39, 0.29) is 31.8 Å². The number of hydrogen-bond donors (Lipinski definition) is 2. The molecule has 13 heavy (non-hydrogen) atoms. The van der Waals surface area contributed by atoms with Crippen molar-refractivity contribution in [2.45, 2.75) is 12.5 Å². The van der Waals surface area contributed by atoms with Crippen LogP contribution >= 0.6 is 0 Å². The first-order valence-corrected chi connectivity index (χ1v) is 4.38. The van der Waals surface area contributed by atoms with Gasteiger partial charge in [-0.05, 0) is 6.42 Å². The SMILES string of the molecule is O=C1COCC(CO)N1CCCO. The Morgan fingerprint density at radius 1 is 1.54 bits per heavy atom. The summed E-state index contributed by atoms with van der Waals surface area (Å²) >= 11 is 0. The van der Waals surface area contributed by atoms with E-state index in [0.717, 1.165) is 0 Å². The Kier molecular flexibility index (Phi) is 4.14. The molecule has 76 valence electrons. The third-order valence-electron chi connectivity index (χ3n) is 2.06. The molecule has 1 rings (SSSR count). The predicted molar refractivity (Wildman–Crippen MR) is 45.1 cm³/mol. The summed E-state index contributed by atoms with van der Waals surface area (Å²) in [4.78, 5) is 12.8. The van der Waals surface area contributed by atoms with Crippen LogP contribution in [-0.2, 0) is 9.53 Å². The van der Waals surface area contributed by atoms with Gasteiger partial charge in [-0.2, -0.15) is 0 Å². The summed E-state index contributed by atoms with van der Waals surface area (Å²) < 4.78 is 4.98. The Labute approximate surface area is 76.9 Å². The van der Waals surface area contributed by atoms with E-state index >= 15 is 0 Å². The molecule has 0 spiro atoms. The van der Waals surface area contributed by atoms with E-state index in [4.69, 9.17) is 14.9 Å². The molecule has 1 aliphatic rings. The summed E-state index contributed by atoms with van der Waals surface area (Å²) in [6.07, 6.45) is 0.544. The Hall–Kier alpha value is -0.650. The van der Waals surface area contributed by atoms with Crippen molar-refractivity contribution >= 4 is 5.91 Å². The van der Waals surface area contributed by atoms with E-state index in [2.05, 4.69) is 0 Å². The highest BCUT2D eigenvalue weighted by atomic mass is 16.5. The monoisotopic (exact) mass is 189 g/mol. The number of aliphatic hydroxyl groups is 2. The molecule has 0 aromatic carbocycles. The number of ether oxygens (including phenoxy) is 1. The van der Waals surface area contributed by atoms with E-state index in [1.165, 1.54) is 0 Å². The fraction of sp³-hybridized carbons (Fsp3) is 0.875. The molecule has 1 aliphatic heterocycles. The van der Waals surface area contributed by atoms with Gasteiger partial charge in [-0.1, -0.05) is 0 Å². The van der Waals surface area contributed by atoms with Crippen LogP contribution in [0.2, 0.25) is 0 Å². The standard InChI is InChI=1S/C8H15NO4/c10-3-1-2-9-7(4-11)5-13-6-8(9)12/h7,10-11H,1-6H2. The maximum absolute atomic E-state index is 11.3. The van der Waals surface area contributed by atoms with Gasteiger partial charge in [-0.15, -0.1) is 0 Å². The Bertz CT molecular complexity index is 174. The second-order valence-electron chi connectivity index (χ2n) is 3.02. The molecule has 0 aliphatic carbocycles. The zero-order valence-electron chi connectivity index (χ0n) is 7.48. The van der Waals surface area contributed by atoms with E-state index in [0.29, 0.717) is 19.6 Å². The first kappa shape index (κ1) is 10.4. The maximum atomic E-state index is 11.3. The molecule has 1 heterocycles. The van der Waals surface area contributed by atoms with Crippen LogP contribution < -0.4 is 0 Å². The lowest BCUT2D eigenvalue weighted by atomic mass is 10.2. The minimum Gasteiger partial charge on any atom is -0.396 e. The van der Waals surface area contributed by atoms with Gasteiger partial charge in [0.2, 0.25) is 5.91 Å². The number of hydrogen-bond acceptors (Lipinski definition) is 4. The molecular formula is C8H15NO4. The van der Waals surface area contributed by atoms with Crippen molar-refractivity contribution in [2.75, 3.05) is 33.0 Å². The van der Waals surface area contributed by atoms with Gasteiger partial charge in [-0.3, -0.25) is 4.79 Å². The van der Waals surface area contributed by atoms with E-state index in [9.17, 15) is 4.79 Å². The first-order valence-electron chi connectivity index (χ1n) is 4.38. The van der Waals surface area contributed by atoms with Gasteiger partial charge in [0, 0.05) is 13.2 Å². The van der Waals surface area contributed by atoms with Crippen LogP contribution in [0.15, 0.2) is 0 Å². The summed E-state index contributed by atoms with van der Waals surface area (Å²) in [7, 11) is 0. The third kappa shape index (κ3) is 2.65. The molecule has 1 saturated heterocycles. The molecule has 1 unspecified atom stereocenters. The van der Waals surface area contributed by atoms with Crippen molar-refractivity contribution < 1.29 is 19.7 Å². The Morgan fingerprint density at radius 3 is 2.92 bits per heavy atom. The topological polar surface area (TPSA) is 70.0 Å². The third-order valence-corrected chi connectivity index (χ3v) is 2.06. The smallest absolute Gasteiger partial charge is 0.248 e. The molecule has 0 saturated carbocycles. The van der Waals surface area contributed by atoms with Crippen LogP contribution in [0, 0.1) is 0 Å². The van der Waals surface area contributed by atoms with E-state index in [1.54, 1.807) is 4.90 Å². The zero-order valence-corrected chi connectivity index (χ0v) is 7.48. The van der Waals surface area contributed by atoms with E-state index in [1.807, 2.05) is 0 Å². The summed E-state index contributed by atoms with van der Waals surface area (Å²) in [5, 5.41) is 17.6. The molecule has 0 aromatic rings. The van der Waals surface area contributed by atoms with Gasteiger partial charge in [0.25, 0.3) is 0 Å². The second kappa shape index (κ2) is 5.16. The number of aliphatic hydroxyl groups excluding tert-OH is 2. The highest BCUT2D eigenvalue weighted by Crippen LogP contribution is 2.07. The van der Waals surface area contributed by atoms with Gasteiger partial charge >= 0.3 is 0 Å². The quantitative estimate of drug-likeness (QED) is 0.570. The summed E-state index contributed by atoms with van der Waals surface area (Å²) in [5.41, 5.74) is 0. The minimum absolute atomic E-state index is 0.0583. The number of nitrogens with zero attached hydrogens (tertiary/aromatic N) is 1. The van der Waals surface area contributed by atoms with E-state index < -0.39 is 0 Å². The Morgan fingerprint density at radius 2 is 2.31 bits per heavy atom. The van der Waals surface area contributed by atoms with Crippen molar-refractivity contribution in [3.8, 4) is 0 Å². The molecule has 2 N–H and O–H groups in total. The molecular weight excluding hydrogens is 174 g/mol.